The molecule has 0 heterocycles. The van der Waals surface area contributed by atoms with Crippen LogP contribution in [-0.4, -0.2) is 17.0 Å². The van der Waals surface area contributed by atoms with Crippen LogP contribution in [0, 0.1) is 5.82 Å². The molecule has 2 aromatic carbocycles. The Hall–Kier alpha value is -2.89. The Morgan fingerprint density at radius 3 is 2.35 bits per heavy atom. The zero-order valence-electron chi connectivity index (χ0n) is 10.3. The monoisotopic (exact) mass is 274 g/mol. The van der Waals surface area contributed by atoms with Crippen molar-refractivity contribution in [3.05, 3.63) is 59.4 Å². The second-order valence-corrected chi connectivity index (χ2v) is 4.01. The van der Waals surface area contributed by atoms with Crippen LogP contribution in [-0.2, 0) is 0 Å². The van der Waals surface area contributed by atoms with Gasteiger partial charge in [-0.05, 0) is 24.3 Å². The molecule has 0 radical (unpaired) electrons. The van der Waals surface area contributed by atoms with Crippen molar-refractivity contribution in [3.63, 3.8) is 0 Å². The zero-order chi connectivity index (χ0) is 14.7. The van der Waals surface area contributed by atoms with Gasteiger partial charge in [-0.25, -0.2) is 9.18 Å². The van der Waals surface area contributed by atoms with Gasteiger partial charge in [0.1, 0.15) is 5.82 Å². The first kappa shape index (κ1) is 13.5. The second kappa shape index (κ2) is 5.40. The molecule has 5 nitrogen and oxygen atoms in total. The molecule has 2 rings (SSSR count). The highest BCUT2D eigenvalue weighted by Gasteiger charge is 2.18. The Balaban J connectivity index is 2.38. The van der Waals surface area contributed by atoms with Crippen molar-refractivity contribution in [3.8, 4) is 0 Å². The van der Waals surface area contributed by atoms with Gasteiger partial charge < -0.3 is 16.2 Å². The maximum atomic E-state index is 13.7. The summed E-state index contributed by atoms with van der Waals surface area (Å²) in [6, 6.07) is 9.76. The first-order valence-electron chi connectivity index (χ1n) is 5.68. The summed E-state index contributed by atoms with van der Waals surface area (Å²) in [7, 11) is 0. The molecule has 0 saturated heterocycles. The number of nitrogens with two attached hydrogens (primary N) is 1. The molecule has 0 aliphatic heterocycles. The molecule has 0 aromatic heterocycles. The van der Waals surface area contributed by atoms with Crippen LogP contribution in [0.2, 0.25) is 0 Å². The molecule has 0 unspecified atom stereocenters. The molecule has 0 saturated carbocycles. The number of halogens is 1. The molecule has 0 bridgehead atoms. The van der Waals surface area contributed by atoms with Crippen molar-refractivity contribution in [1.82, 2.24) is 0 Å². The Morgan fingerprint density at radius 1 is 1.05 bits per heavy atom. The van der Waals surface area contributed by atoms with Gasteiger partial charge in [-0.2, -0.15) is 0 Å². The molecule has 0 aliphatic rings. The number of nitrogen functional groups attached to an aromatic ring is 1. The number of anilines is 2. The maximum Gasteiger partial charge on any atom is 0.337 e. The van der Waals surface area contributed by atoms with E-state index in [0.717, 1.165) is 6.07 Å². The van der Waals surface area contributed by atoms with Gasteiger partial charge in [0, 0.05) is 5.69 Å². The van der Waals surface area contributed by atoms with Crippen molar-refractivity contribution in [2.75, 3.05) is 11.1 Å². The van der Waals surface area contributed by atoms with Crippen molar-refractivity contribution in [2.24, 2.45) is 0 Å². The Kier molecular flexibility index (Phi) is 3.65. The van der Waals surface area contributed by atoms with E-state index in [1.165, 1.54) is 24.3 Å². The van der Waals surface area contributed by atoms with E-state index in [0.29, 0.717) is 0 Å². The van der Waals surface area contributed by atoms with Crippen LogP contribution in [0.15, 0.2) is 42.5 Å². The molecule has 0 spiro atoms. The molecule has 6 heteroatoms. The Morgan fingerprint density at radius 2 is 1.70 bits per heavy atom. The topological polar surface area (TPSA) is 92.4 Å². The zero-order valence-corrected chi connectivity index (χ0v) is 10.3. The van der Waals surface area contributed by atoms with Gasteiger partial charge in [0.15, 0.2) is 0 Å². The van der Waals surface area contributed by atoms with Crippen LogP contribution in [0.1, 0.15) is 20.7 Å². The van der Waals surface area contributed by atoms with Crippen molar-refractivity contribution in [2.45, 2.75) is 0 Å². The van der Waals surface area contributed by atoms with E-state index in [4.69, 9.17) is 10.8 Å². The van der Waals surface area contributed by atoms with E-state index in [1.807, 2.05) is 0 Å². The average Bonchev–Trinajstić information content (AvgIpc) is 2.41. The third-order valence-corrected chi connectivity index (χ3v) is 2.69. The summed E-state index contributed by atoms with van der Waals surface area (Å²) in [4.78, 5) is 23.0. The van der Waals surface area contributed by atoms with Crippen LogP contribution in [0.5, 0.6) is 0 Å². The highest BCUT2D eigenvalue weighted by atomic mass is 19.1. The van der Waals surface area contributed by atoms with Gasteiger partial charge in [0.05, 0.1) is 16.8 Å². The van der Waals surface area contributed by atoms with E-state index in [2.05, 4.69) is 5.32 Å². The molecule has 4 N–H and O–H groups in total. The lowest BCUT2D eigenvalue weighted by Crippen LogP contribution is -2.17. The first-order chi connectivity index (χ1) is 9.50. The number of benzene rings is 2. The number of hydrogen-bond donors (Lipinski definition) is 3. The number of hydrogen-bond acceptors (Lipinski definition) is 3. The summed E-state index contributed by atoms with van der Waals surface area (Å²) >= 11 is 0. The highest BCUT2D eigenvalue weighted by molar-refractivity contribution is 6.10. The van der Waals surface area contributed by atoms with Crippen LogP contribution in [0.4, 0.5) is 15.8 Å². The van der Waals surface area contributed by atoms with Crippen molar-refractivity contribution >= 4 is 23.3 Å². The second-order valence-electron chi connectivity index (χ2n) is 4.01. The Bertz CT molecular complexity index is 686. The fraction of sp³-hybridized carbons (Fsp3) is 0. The summed E-state index contributed by atoms with van der Waals surface area (Å²) < 4.78 is 13.7. The number of carbonyl (C=O) groups excluding carboxylic acids is 1. The molecule has 0 fully saturated rings. The summed E-state index contributed by atoms with van der Waals surface area (Å²) in [6.45, 7) is 0. The number of amides is 1. The van der Waals surface area contributed by atoms with Gasteiger partial charge in [-0.1, -0.05) is 18.2 Å². The van der Waals surface area contributed by atoms with Gasteiger partial charge in [0.2, 0.25) is 0 Å². The van der Waals surface area contributed by atoms with Gasteiger partial charge in [-0.3, -0.25) is 4.79 Å². The van der Waals surface area contributed by atoms with Gasteiger partial charge in [0.25, 0.3) is 5.91 Å². The van der Waals surface area contributed by atoms with Crippen LogP contribution < -0.4 is 11.1 Å². The van der Waals surface area contributed by atoms with Gasteiger partial charge >= 0.3 is 5.97 Å². The summed E-state index contributed by atoms with van der Waals surface area (Å²) in [6.07, 6.45) is 0. The molecular weight excluding hydrogens is 263 g/mol. The lowest BCUT2D eigenvalue weighted by atomic mass is 10.1. The molecule has 102 valence electrons. The molecular formula is C14H11FN2O3. The predicted molar refractivity (Wildman–Crippen MR) is 72.2 cm³/mol. The number of para-hydroxylation sites is 2. The maximum absolute atomic E-state index is 13.7. The summed E-state index contributed by atoms with van der Waals surface area (Å²) in [5.74, 6) is -2.83. The van der Waals surface area contributed by atoms with E-state index in [9.17, 15) is 14.0 Å². The largest absolute Gasteiger partial charge is 0.478 e. The minimum Gasteiger partial charge on any atom is -0.478 e. The van der Waals surface area contributed by atoms with Crippen LogP contribution in [0.25, 0.3) is 0 Å². The smallest absolute Gasteiger partial charge is 0.337 e. The first-order valence-corrected chi connectivity index (χ1v) is 5.68. The van der Waals surface area contributed by atoms with Crippen LogP contribution in [0.3, 0.4) is 0 Å². The SMILES string of the molecule is Nc1ccccc1C(=O)Nc1c(F)cccc1C(=O)O. The lowest BCUT2D eigenvalue weighted by molar-refractivity contribution is 0.0697. The summed E-state index contributed by atoms with van der Waals surface area (Å²) in [5, 5.41) is 11.2. The predicted octanol–water partition coefficient (Wildman–Crippen LogP) is 2.36. The van der Waals surface area contributed by atoms with E-state index < -0.39 is 17.7 Å². The number of rotatable bonds is 3. The number of carbonyl (C=O) groups is 2. The minimum atomic E-state index is -1.33. The van der Waals surface area contributed by atoms with Crippen LogP contribution >= 0.6 is 0 Å². The lowest BCUT2D eigenvalue weighted by Gasteiger charge is -2.10. The van der Waals surface area contributed by atoms with E-state index in [1.54, 1.807) is 12.1 Å². The fourth-order valence-electron chi connectivity index (χ4n) is 1.71. The number of nitrogens with one attached hydrogen (secondary N) is 1. The van der Waals surface area contributed by atoms with Crippen molar-refractivity contribution in [1.29, 1.82) is 0 Å². The van der Waals surface area contributed by atoms with Crippen molar-refractivity contribution < 1.29 is 19.1 Å². The quantitative estimate of drug-likeness (QED) is 0.749. The number of aromatic carboxylic acids is 1. The standard InChI is InChI=1S/C14H11FN2O3/c15-10-6-3-5-9(14(19)20)12(10)17-13(18)8-4-1-2-7-11(8)16/h1-7H,16H2,(H,17,18)(H,19,20). The van der Waals surface area contributed by atoms with Gasteiger partial charge in [-0.15, -0.1) is 0 Å². The van der Waals surface area contributed by atoms with E-state index in [-0.39, 0.29) is 22.5 Å². The molecule has 1 amide bonds. The fourth-order valence-corrected chi connectivity index (χ4v) is 1.71. The third kappa shape index (κ3) is 2.59. The normalized spacial score (nSPS) is 10.1. The summed E-state index contributed by atoms with van der Waals surface area (Å²) in [5.41, 5.74) is 5.30. The molecule has 20 heavy (non-hydrogen) atoms. The molecule has 0 atom stereocenters. The minimum absolute atomic E-state index is 0.145. The average molecular weight is 274 g/mol. The number of carboxylic acid groups (broad SMARTS) is 1. The molecule has 2 aromatic rings. The van der Waals surface area contributed by atoms with E-state index >= 15 is 0 Å². The third-order valence-electron chi connectivity index (χ3n) is 2.69. The molecule has 0 aliphatic carbocycles. The number of carboxylic acids is 1. The Labute approximate surface area is 113 Å². The highest BCUT2D eigenvalue weighted by Crippen LogP contribution is 2.21.